The summed E-state index contributed by atoms with van der Waals surface area (Å²) in [5, 5.41) is 6.21. The van der Waals surface area contributed by atoms with E-state index >= 15 is 0 Å². The van der Waals surface area contributed by atoms with Crippen LogP contribution in [0.4, 0.5) is 5.82 Å². The molecule has 3 rings (SSSR count). The second-order valence-corrected chi connectivity index (χ2v) is 6.98. The van der Waals surface area contributed by atoms with Gasteiger partial charge in [-0.3, -0.25) is 9.78 Å². The first-order chi connectivity index (χ1) is 13.0. The van der Waals surface area contributed by atoms with Crippen molar-refractivity contribution in [1.29, 1.82) is 0 Å². The third kappa shape index (κ3) is 4.39. The number of anilines is 1. The minimum atomic E-state index is -0.0270. The molecule has 8 nitrogen and oxygen atoms in total. The molecule has 2 N–H and O–H groups in total. The van der Waals surface area contributed by atoms with E-state index in [1.54, 1.807) is 18.7 Å². The number of hydrogen-bond donors (Lipinski definition) is 2. The highest BCUT2D eigenvalue weighted by Gasteiger charge is 2.16. The number of pyridine rings is 1. The predicted molar refractivity (Wildman–Crippen MR) is 105 cm³/mol. The molecule has 142 valence electrons. The molecule has 3 aromatic heterocycles. The number of rotatable bonds is 7. The van der Waals surface area contributed by atoms with Crippen molar-refractivity contribution in [3.63, 3.8) is 0 Å². The number of amides is 1. The molecule has 0 fully saturated rings. The largest absolute Gasteiger partial charge is 0.368 e. The van der Waals surface area contributed by atoms with Crippen LogP contribution in [0.5, 0.6) is 0 Å². The molecule has 0 aliphatic rings. The number of hydrogen-bond acceptors (Lipinski definition) is 6. The second-order valence-electron chi connectivity index (χ2n) is 6.98. The van der Waals surface area contributed by atoms with Crippen LogP contribution >= 0.6 is 0 Å². The molecule has 0 spiro atoms. The Kier molecular flexibility index (Phi) is 5.63. The van der Waals surface area contributed by atoms with Gasteiger partial charge in [-0.2, -0.15) is 0 Å². The van der Waals surface area contributed by atoms with E-state index < -0.39 is 0 Å². The van der Waals surface area contributed by atoms with Gasteiger partial charge in [0.15, 0.2) is 17.3 Å². The van der Waals surface area contributed by atoms with E-state index in [0.29, 0.717) is 24.7 Å². The molecule has 1 amide bonds. The van der Waals surface area contributed by atoms with Gasteiger partial charge in [-0.1, -0.05) is 6.92 Å². The molecule has 3 heterocycles. The molecule has 0 aliphatic carbocycles. The Morgan fingerprint density at radius 3 is 2.70 bits per heavy atom. The summed E-state index contributed by atoms with van der Waals surface area (Å²) in [7, 11) is 0. The Labute approximate surface area is 158 Å². The lowest BCUT2D eigenvalue weighted by Crippen LogP contribution is -2.29. The van der Waals surface area contributed by atoms with Crippen LogP contribution in [0.15, 0.2) is 30.9 Å². The lowest BCUT2D eigenvalue weighted by molar-refractivity contribution is -0.119. The maximum absolute atomic E-state index is 11.1. The number of carbonyl (C=O) groups is 1. The summed E-state index contributed by atoms with van der Waals surface area (Å²) in [6.07, 6.45) is 5.27. The van der Waals surface area contributed by atoms with E-state index in [0.717, 1.165) is 16.7 Å². The van der Waals surface area contributed by atoms with Crippen molar-refractivity contribution in [3.05, 3.63) is 30.9 Å². The number of carbonyl (C=O) groups excluding carboxylic acids is 1. The summed E-state index contributed by atoms with van der Waals surface area (Å²) in [6, 6.07) is 4.04. The van der Waals surface area contributed by atoms with Crippen molar-refractivity contribution >= 4 is 22.9 Å². The van der Waals surface area contributed by atoms with Crippen molar-refractivity contribution in [2.24, 2.45) is 5.92 Å². The molecule has 1 atom stereocenters. The fourth-order valence-corrected chi connectivity index (χ4v) is 2.70. The van der Waals surface area contributed by atoms with E-state index in [2.05, 4.69) is 46.4 Å². The van der Waals surface area contributed by atoms with Gasteiger partial charge in [0.05, 0.1) is 6.33 Å². The summed E-state index contributed by atoms with van der Waals surface area (Å²) in [6.45, 7) is 9.04. The summed E-state index contributed by atoms with van der Waals surface area (Å²) < 4.78 is 2.03. The van der Waals surface area contributed by atoms with Gasteiger partial charge in [0, 0.05) is 44.0 Å². The molecule has 0 saturated heterocycles. The van der Waals surface area contributed by atoms with Crippen LogP contribution in [0, 0.1) is 5.92 Å². The molecule has 27 heavy (non-hydrogen) atoms. The van der Waals surface area contributed by atoms with E-state index in [-0.39, 0.29) is 17.9 Å². The Morgan fingerprint density at radius 1 is 1.22 bits per heavy atom. The van der Waals surface area contributed by atoms with Gasteiger partial charge in [0.2, 0.25) is 5.91 Å². The lowest BCUT2D eigenvalue weighted by Gasteiger charge is -2.15. The fraction of sp³-hybridized carbons (Fsp3) is 0.421. The zero-order valence-corrected chi connectivity index (χ0v) is 16.1. The Morgan fingerprint density at radius 2 is 2.04 bits per heavy atom. The quantitative estimate of drug-likeness (QED) is 0.666. The van der Waals surface area contributed by atoms with Gasteiger partial charge < -0.3 is 15.2 Å². The van der Waals surface area contributed by atoms with Crippen molar-refractivity contribution < 1.29 is 4.79 Å². The van der Waals surface area contributed by atoms with Crippen LogP contribution in [0.25, 0.3) is 22.6 Å². The number of fused-ring (bicyclic) bond motifs is 1. The first-order valence-electron chi connectivity index (χ1n) is 9.09. The van der Waals surface area contributed by atoms with Crippen molar-refractivity contribution in [2.75, 3.05) is 18.4 Å². The average Bonchev–Trinajstić information content (AvgIpc) is 3.09. The van der Waals surface area contributed by atoms with Crippen LogP contribution in [0.2, 0.25) is 0 Å². The Hall–Kier alpha value is -3.03. The van der Waals surface area contributed by atoms with Crippen LogP contribution in [0.1, 0.15) is 33.7 Å². The molecule has 0 aliphatic heterocycles. The number of nitrogens with zero attached hydrogens (tertiary/aromatic N) is 5. The molecule has 0 saturated carbocycles. The summed E-state index contributed by atoms with van der Waals surface area (Å²) in [5.41, 5.74) is 2.38. The first kappa shape index (κ1) is 18.8. The van der Waals surface area contributed by atoms with Gasteiger partial charge in [-0.05, 0) is 31.9 Å². The predicted octanol–water partition coefficient (Wildman–Crippen LogP) is 2.65. The van der Waals surface area contributed by atoms with Crippen LogP contribution in [-0.2, 0) is 4.79 Å². The summed E-state index contributed by atoms with van der Waals surface area (Å²) >= 11 is 0. The van der Waals surface area contributed by atoms with E-state index in [1.165, 1.54) is 6.92 Å². The van der Waals surface area contributed by atoms with E-state index in [1.807, 2.05) is 16.7 Å². The van der Waals surface area contributed by atoms with Crippen molar-refractivity contribution in [1.82, 2.24) is 29.8 Å². The van der Waals surface area contributed by atoms with Gasteiger partial charge in [-0.15, -0.1) is 0 Å². The second kappa shape index (κ2) is 8.11. The van der Waals surface area contributed by atoms with Crippen LogP contribution in [0.3, 0.4) is 0 Å². The fourth-order valence-electron chi connectivity index (χ4n) is 2.70. The zero-order chi connectivity index (χ0) is 19.4. The van der Waals surface area contributed by atoms with Gasteiger partial charge in [0.25, 0.3) is 0 Å². The summed E-state index contributed by atoms with van der Waals surface area (Å²) in [4.78, 5) is 29.2. The Balaban J connectivity index is 1.94. The third-order valence-electron chi connectivity index (χ3n) is 4.21. The smallest absolute Gasteiger partial charge is 0.216 e. The zero-order valence-electron chi connectivity index (χ0n) is 16.1. The maximum atomic E-state index is 11.1. The molecular formula is C19H25N7O. The third-order valence-corrected chi connectivity index (χ3v) is 4.21. The molecule has 0 radical (unpaired) electrons. The van der Waals surface area contributed by atoms with E-state index in [4.69, 9.17) is 4.98 Å². The molecule has 3 aromatic rings. The number of aromatic nitrogens is 5. The van der Waals surface area contributed by atoms with Crippen molar-refractivity contribution in [3.8, 4) is 11.4 Å². The molecule has 1 unspecified atom stereocenters. The highest BCUT2D eigenvalue weighted by Crippen LogP contribution is 2.25. The number of imidazole rings is 1. The minimum absolute atomic E-state index is 0.0270. The highest BCUT2D eigenvalue weighted by molar-refractivity contribution is 5.85. The van der Waals surface area contributed by atoms with Crippen LogP contribution < -0.4 is 10.6 Å². The normalized spacial score (nSPS) is 12.3. The highest BCUT2D eigenvalue weighted by atomic mass is 16.1. The average molecular weight is 367 g/mol. The van der Waals surface area contributed by atoms with Crippen molar-refractivity contribution in [2.45, 2.75) is 33.7 Å². The van der Waals surface area contributed by atoms with Crippen LogP contribution in [-0.4, -0.2) is 43.5 Å². The Bertz CT molecular complexity index is 920. The van der Waals surface area contributed by atoms with Gasteiger partial charge in [-0.25, -0.2) is 15.0 Å². The topological polar surface area (TPSA) is 97.6 Å². The molecular weight excluding hydrogens is 342 g/mol. The summed E-state index contributed by atoms with van der Waals surface area (Å²) in [5.74, 6) is 1.51. The van der Waals surface area contributed by atoms with Gasteiger partial charge in [0.1, 0.15) is 5.52 Å². The maximum Gasteiger partial charge on any atom is 0.216 e. The lowest BCUT2D eigenvalue weighted by atomic mass is 10.2. The molecule has 0 aromatic carbocycles. The number of nitrogens with one attached hydrogen (secondary N) is 2. The SMILES string of the molecule is CC(=O)NCC(C)CNc1nc(-c2cccnc2)nc2c1ncn2C(C)C. The molecule has 0 bridgehead atoms. The van der Waals surface area contributed by atoms with E-state index in [9.17, 15) is 4.79 Å². The minimum Gasteiger partial charge on any atom is -0.368 e. The van der Waals surface area contributed by atoms with Gasteiger partial charge >= 0.3 is 0 Å². The standard InChI is InChI=1S/C19H25N7O/c1-12(2)26-11-23-16-18(22-9-13(3)8-21-14(4)27)24-17(25-19(16)26)15-6-5-7-20-10-15/h5-7,10-13H,8-9H2,1-4H3,(H,21,27)(H,22,24,25). The monoisotopic (exact) mass is 367 g/mol. The first-order valence-corrected chi connectivity index (χ1v) is 9.09. The molecule has 8 heteroatoms.